The first-order valence-electron chi connectivity index (χ1n) is 3.30. The molecule has 0 amide bonds. The van der Waals surface area contributed by atoms with E-state index in [2.05, 4.69) is 15.0 Å². The van der Waals surface area contributed by atoms with E-state index < -0.39 is 11.6 Å². The zero-order valence-electron chi connectivity index (χ0n) is 8.21. The van der Waals surface area contributed by atoms with Gasteiger partial charge in [0.25, 0.3) is 5.56 Å². The summed E-state index contributed by atoms with van der Waals surface area (Å²) in [5.41, 5.74) is -0.0704. The van der Waals surface area contributed by atoms with Crippen LogP contribution in [0.2, 0.25) is 0 Å². The molecule has 0 saturated carbocycles. The number of nitrogens with one attached hydrogen (secondary N) is 2. The number of hydrogen-bond donors (Lipinski definition) is 2. The smallest absolute Gasteiger partial charge is 0.846 e. The zero-order valence-corrected chi connectivity index (χ0v) is 11.3. The van der Waals surface area contributed by atoms with Crippen LogP contribution in [0.25, 0.3) is 11.2 Å². The van der Waals surface area contributed by atoms with E-state index >= 15 is 0 Å². The summed E-state index contributed by atoms with van der Waals surface area (Å²) in [6.45, 7) is 1.69. The molecule has 0 aliphatic carbocycles. The molecule has 0 bridgehead atoms. The summed E-state index contributed by atoms with van der Waals surface area (Å²) in [5, 5.41) is 10.7. The Hall–Kier alpha value is -0.294. The molecule has 0 aromatic carbocycles. The Bertz CT molecular complexity index is 493. The van der Waals surface area contributed by atoms with Crippen LogP contribution < -0.4 is 62.1 Å². The van der Waals surface area contributed by atoms with Crippen LogP contribution in [-0.4, -0.2) is 30.9 Å². The first-order valence-corrected chi connectivity index (χ1v) is 3.30. The van der Waals surface area contributed by atoms with E-state index in [0.717, 1.165) is 0 Å². The van der Waals surface area contributed by atoms with Crippen LogP contribution in [0.1, 0.15) is 5.82 Å². The van der Waals surface area contributed by atoms with Crippen molar-refractivity contribution in [3.63, 3.8) is 0 Å². The van der Waals surface area contributed by atoms with Crippen molar-refractivity contribution in [2.75, 3.05) is 0 Å². The molecule has 9 heteroatoms. The normalized spacial score (nSPS) is 8.60. The third kappa shape index (κ3) is 3.34. The number of aryl methyl sites for hydroxylation is 1. The average Bonchev–Trinajstić information content (AvgIpc) is 2.29. The van der Waals surface area contributed by atoms with E-state index in [1.54, 1.807) is 6.92 Å². The van der Waals surface area contributed by atoms with Crippen LogP contribution in [0.3, 0.4) is 0 Å². The number of fused-ring (bicyclic) bond motifs is 1. The molecule has 2 aromatic heterocycles. The van der Waals surface area contributed by atoms with Gasteiger partial charge in [-0.25, -0.2) is 9.97 Å². The average molecular weight is 240 g/mol. The molecule has 15 heavy (non-hydrogen) atoms. The van der Waals surface area contributed by atoms with Gasteiger partial charge in [-0.2, -0.15) is 0 Å². The number of rotatable bonds is 0. The molecule has 0 radical (unpaired) electrons. The molecule has 0 atom stereocenters. The fourth-order valence-corrected chi connectivity index (χ4v) is 1.00. The minimum atomic E-state index is -0.668. The molecule has 0 saturated heterocycles. The third-order valence-electron chi connectivity index (χ3n) is 1.46. The Balaban J connectivity index is 0. The maximum atomic E-state index is 11.0. The second-order valence-corrected chi connectivity index (χ2v) is 2.39. The van der Waals surface area contributed by atoms with Crippen LogP contribution in [0, 0.1) is 6.92 Å². The van der Waals surface area contributed by atoms with Crippen LogP contribution >= 0.6 is 0 Å². The molecule has 2 rings (SSSR count). The first-order chi connectivity index (χ1) is 5.66. The van der Waals surface area contributed by atoms with Crippen LogP contribution in [0.5, 0.6) is 6.01 Å². The van der Waals surface area contributed by atoms with Gasteiger partial charge in [-0.15, -0.1) is 0 Å². The maximum absolute atomic E-state index is 11.0. The number of aromatic amines is 2. The summed E-state index contributed by atoms with van der Waals surface area (Å²) in [6.07, 6.45) is 0. The Morgan fingerprint density at radius 1 is 1.20 bits per heavy atom. The quantitative estimate of drug-likeness (QED) is 0.439. The van der Waals surface area contributed by atoms with Crippen molar-refractivity contribution in [1.29, 1.82) is 0 Å². The van der Waals surface area contributed by atoms with Crippen molar-refractivity contribution in [3.8, 4) is 6.01 Å². The van der Waals surface area contributed by atoms with E-state index in [0.29, 0.717) is 5.82 Å². The van der Waals surface area contributed by atoms with Gasteiger partial charge in [-0.1, -0.05) is 0 Å². The Morgan fingerprint density at radius 3 is 2.40 bits per heavy atom. The SMILES string of the molecule is Cc1nc2nc([O-])[nH]c(=O)c2[nH]1.O.O.[K+]. The summed E-state index contributed by atoms with van der Waals surface area (Å²) in [6, 6.07) is -0.668. The first kappa shape index (κ1) is 17.1. The molecular weight excluding hydrogens is 231 g/mol. The number of aromatic nitrogens is 4. The summed E-state index contributed by atoms with van der Waals surface area (Å²) in [7, 11) is 0. The molecule has 0 aliphatic heterocycles. The topological polar surface area (TPSA) is 160 Å². The van der Waals surface area contributed by atoms with Crippen LogP contribution in [0.15, 0.2) is 4.79 Å². The van der Waals surface area contributed by atoms with E-state index in [1.165, 1.54) is 0 Å². The molecule has 6 N–H and O–H groups in total. The third-order valence-corrected chi connectivity index (χ3v) is 1.46. The molecular formula is C6H9KN4O4. The van der Waals surface area contributed by atoms with Crippen molar-refractivity contribution in [2.24, 2.45) is 0 Å². The van der Waals surface area contributed by atoms with Gasteiger partial charge in [0, 0.05) is 0 Å². The van der Waals surface area contributed by atoms with E-state index in [-0.39, 0.29) is 73.5 Å². The largest absolute Gasteiger partial charge is 1.00 e. The summed E-state index contributed by atoms with van der Waals surface area (Å²) >= 11 is 0. The summed E-state index contributed by atoms with van der Waals surface area (Å²) < 4.78 is 0. The summed E-state index contributed by atoms with van der Waals surface area (Å²) in [4.78, 5) is 23.1. The maximum Gasteiger partial charge on any atom is 1.00 e. The monoisotopic (exact) mass is 240 g/mol. The Morgan fingerprint density at radius 2 is 1.80 bits per heavy atom. The molecule has 0 aliphatic rings. The molecule has 0 fully saturated rings. The van der Waals surface area contributed by atoms with Crippen molar-refractivity contribution < 1.29 is 67.4 Å². The summed E-state index contributed by atoms with van der Waals surface area (Å²) in [5.74, 6) is 0.564. The number of imidazole rings is 1. The van der Waals surface area contributed by atoms with Crippen molar-refractivity contribution >= 4 is 11.2 Å². The fourth-order valence-electron chi connectivity index (χ4n) is 1.00. The van der Waals surface area contributed by atoms with E-state index in [1.807, 2.05) is 4.98 Å². The minimum absolute atomic E-state index is 0. The second-order valence-electron chi connectivity index (χ2n) is 2.39. The molecule has 8 nitrogen and oxygen atoms in total. The van der Waals surface area contributed by atoms with Crippen LogP contribution in [0.4, 0.5) is 0 Å². The van der Waals surface area contributed by atoms with Crippen molar-refractivity contribution in [3.05, 3.63) is 16.2 Å². The standard InChI is InChI=1S/C6H6N4O2.K.2H2O/c1-2-7-3-4(8-2)9-6(12)10-5(3)11;;;/h1H3,(H3,7,8,9,10,11,12);;2*1H2/q;+1;;/p-1. The molecule has 0 unspecified atom stereocenters. The fraction of sp³-hybridized carbons (Fsp3) is 0.167. The van der Waals surface area contributed by atoms with Gasteiger partial charge >= 0.3 is 51.4 Å². The zero-order chi connectivity index (χ0) is 8.72. The van der Waals surface area contributed by atoms with Gasteiger partial charge in [0.05, 0.1) is 6.01 Å². The number of nitrogens with zero attached hydrogens (tertiary/aromatic N) is 2. The predicted octanol–water partition coefficient (Wildman–Crippen LogP) is -5.62. The predicted molar refractivity (Wildman–Crippen MR) is 45.9 cm³/mol. The molecule has 2 aromatic rings. The number of hydrogen-bond acceptors (Lipinski definition) is 4. The molecule has 0 spiro atoms. The van der Waals surface area contributed by atoms with Gasteiger partial charge in [0.15, 0.2) is 11.2 Å². The van der Waals surface area contributed by atoms with E-state index in [4.69, 9.17) is 0 Å². The number of H-pyrrole nitrogens is 2. The van der Waals surface area contributed by atoms with Crippen molar-refractivity contribution in [1.82, 2.24) is 19.9 Å². The van der Waals surface area contributed by atoms with Gasteiger partial charge in [0.2, 0.25) is 0 Å². The van der Waals surface area contributed by atoms with Crippen molar-refractivity contribution in [2.45, 2.75) is 6.92 Å². The van der Waals surface area contributed by atoms with Crippen LogP contribution in [-0.2, 0) is 0 Å². The second kappa shape index (κ2) is 6.32. The molecule has 78 valence electrons. The van der Waals surface area contributed by atoms with E-state index in [9.17, 15) is 9.90 Å². The molecule has 2 heterocycles. The van der Waals surface area contributed by atoms with Gasteiger partial charge in [0.1, 0.15) is 5.82 Å². The Kier molecular flexibility index (Phi) is 7.21. The minimum Gasteiger partial charge on any atom is -0.846 e. The van der Waals surface area contributed by atoms with Gasteiger partial charge in [-0.05, 0) is 6.92 Å². The Labute approximate surface area is 126 Å². The van der Waals surface area contributed by atoms with Gasteiger partial charge in [-0.3, -0.25) is 4.79 Å². The van der Waals surface area contributed by atoms with Gasteiger partial charge < -0.3 is 26.0 Å².